The van der Waals surface area contributed by atoms with Crippen molar-refractivity contribution in [2.75, 3.05) is 0 Å². The van der Waals surface area contributed by atoms with Crippen LogP contribution >= 0.6 is 0 Å². The van der Waals surface area contributed by atoms with Gasteiger partial charge in [-0.25, -0.2) is 0 Å². The third-order valence-corrected chi connectivity index (χ3v) is 8.28. The lowest BCUT2D eigenvalue weighted by Gasteiger charge is -2.53. The molecule has 1 spiro atoms. The minimum absolute atomic E-state index is 0.0942. The Bertz CT molecular complexity index is 818. The zero-order valence-electron chi connectivity index (χ0n) is 15.5. The van der Waals surface area contributed by atoms with Crippen molar-refractivity contribution >= 4 is 11.8 Å². The summed E-state index contributed by atoms with van der Waals surface area (Å²) in [6.07, 6.45) is 11.1. The molecule has 4 aliphatic carbocycles. The first-order chi connectivity index (χ1) is 12.3. The molecule has 4 heteroatoms. The third kappa shape index (κ3) is 1.80. The molecule has 5 aliphatic rings. The first-order valence-electron chi connectivity index (χ1n) is 9.87. The highest BCUT2D eigenvalue weighted by atomic mass is 16.6. The van der Waals surface area contributed by atoms with Gasteiger partial charge in [-0.3, -0.25) is 9.59 Å². The van der Waals surface area contributed by atoms with E-state index in [1.165, 1.54) is 0 Å². The molecule has 5 atom stereocenters. The van der Waals surface area contributed by atoms with Crippen LogP contribution in [0.4, 0.5) is 0 Å². The lowest BCUT2D eigenvalue weighted by atomic mass is 9.52. The molecule has 0 radical (unpaired) electrons. The van der Waals surface area contributed by atoms with E-state index in [9.17, 15) is 14.7 Å². The number of esters is 1. The number of ketones is 1. The van der Waals surface area contributed by atoms with Gasteiger partial charge in [0.1, 0.15) is 5.60 Å². The summed E-state index contributed by atoms with van der Waals surface area (Å²) >= 11 is 0. The van der Waals surface area contributed by atoms with Crippen LogP contribution in [-0.2, 0) is 14.3 Å². The van der Waals surface area contributed by atoms with Crippen LogP contribution in [0, 0.1) is 22.7 Å². The maximum Gasteiger partial charge on any atom is 0.306 e. The monoisotopic (exact) mass is 354 g/mol. The zero-order chi connectivity index (χ0) is 18.3. The normalized spacial score (nSPS) is 46.8. The number of carbonyl (C=O) groups is 2. The number of rotatable bonds is 0. The van der Waals surface area contributed by atoms with Crippen molar-refractivity contribution in [3.8, 4) is 0 Å². The molecule has 0 bridgehead atoms. The highest BCUT2D eigenvalue weighted by molar-refractivity contribution is 5.92. The topological polar surface area (TPSA) is 63.6 Å². The first-order valence-corrected chi connectivity index (χ1v) is 9.87. The molecule has 1 saturated heterocycles. The van der Waals surface area contributed by atoms with E-state index in [0.29, 0.717) is 30.9 Å². The zero-order valence-corrected chi connectivity index (χ0v) is 15.5. The molecule has 0 aromatic heterocycles. The number of fused-ring (bicyclic) bond motifs is 6. The van der Waals surface area contributed by atoms with Gasteiger partial charge >= 0.3 is 5.97 Å². The molecule has 4 nitrogen and oxygen atoms in total. The van der Waals surface area contributed by atoms with E-state index >= 15 is 0 Å². The fraction of sp³-hybridized carbons (Fsp3) is 0.636. The maximum atomic E-state index is 11.9. The van der Waals surface area contributed by atoms with E-state index in [1.807, 2.05) is 0 Å². The number of ether oxygens (including phenoxy) is 1. The van der Waals surface area contributed by atoms with E-state index < -0.39 is 5.60 Å². The van der Waals surface area contributed by atoms with E-state index in [0.717, 1.165) is 36.8 Å². The van der Waals surface area contributed by atoms with Gasteiger partial charge in [0.05, 0.1) is 5.76 Å². The molecule has 1 aliphatic heterocycles. The van der Waals surface area contributed by atoms with Gasteiger partial charge in [0, 0.05) is 36.0 Å². The molecular weight excluding hydrogens is 328 g/mol. The van der Waals surface area contributed by atoms with Crippen LogP contribution in [0.25, 0.3) is 0 Å². The van der Waals surface area contributed by atoms with E-state index in [2.05, 4.69) is 26.0 Å². The molecule has 0 aromatic rings. The van der Waals surface area contributed by atoms with Gasteiger partial charge in [-0.1, -0.05) is 26.0 Å². The summed E-state index contributed by atoms with van der Waals surface area (Å²) in [6.45, 7) is 4.39. The molecule has 2 fully saturated rings. The predicted octanol–water partition coefficient (Wildman–Crippen LogP) is 4.18. The summed E-state index contributed by atoms with van der Waals surface area (Å²) in [5, 5.41) is 11.2. The molecule has 1 saturated carbocycles. The second-order valence-corrected chi connectivity index (χ2v) is 9.35. The van der Waals surface area contributed by atoms with Crippen molar-refractivity contribution < 1.29 is 19.4 Å². The smallest absolute Gasteiger partial charge is 0.306 e. The lowest BCUT2D eigenvalue weighted by Crippen LogP contribution is -2.51. The Hall–Kier alpha value is -1.84. The van der Waals surface area contributed by atoms with Gasteiger partial charge in [0.2, 0.25) is 0 Å². The average Bonchev–Trinajstić information content (AvgIpc) is 3.09. The molecule has 138 valence electrons. The number of allylic oxidation sites excluding steroid dienone is 6. The molecule has 1 heterocycles. The summed E-state index contributed by atoms with van der Waals surface area (Å²) in [6, 6.07) is 0. The Kier molecular flexibility index (Phi) is 3.08. The molecule has 26 heavy (non-hydrogen) atoms. The number of aliphatic hydroxyl groups is 1. The lowest BCUT2D eigenvalue weighted by molar-refractivity contribution is -0.160. The quantitative estimate of drug-likeness (QED) is 0.663. The van der Waals surface area contributed by atoms with E-state index in [4.69, 9.17) is 4.74 Å². The highest BCUT2D eigenvalue weighted by Gasteiger charge is 2.66. The third-order valence-electron chi connectivity index (χ3n) is 8.28. The van der Waals surface area contributed by atoms with Gasteiger partial charge in [0.25, 0.3) is 0 Å². The van der Waals surface area contributed by atoms with Crippen molar-refractivity contribution in [3.05, 3.63) is 35.1 Å². The van der Waals surface area contributed by atoms with Crippen LogP contribution in [0.2, 0.25) is 0 Å². The summed E-state index contributed by atoms with van der Waals surface area (Å²) in [4.78, 5) is 23.8. The summed E-state index contributed by atoms with van der Waals surface area (Å²) in [5.41, 5.74) is 1.27. The largest absolute Gasteiger partial charge is 0.512 e. The van der Waals surface area contributed by atoms with Gasteiger partial charge in [0.15, 0.2) is 5.78 Å². The molecule has 0 aromatic carbocycles. The average molecular weight is 354 g/mol. The second-order valence-electron chi connectivity index (χ2n) is 9.35. The fourth-order valence-electron chi connectivity index (χ4n) is 6.81. The van der Waals surface area contributed by atoms with E-state index in [-0.39, 0.29) is 28.5 Å². The number of hydrogen-bond donors (Lipinski definition) is 1. The number of aliphatic hydroxyl groups excluding tert-OH is 1. The SMILES string of the molecule is C[C@]12CCC(=O)C=C1C=C[C@@H]1C2=C(O)C[C@@]2(C)[C@H]1CC[C@@]21CCC(=O)O1. The Balaban J connectivity index is 1.63. The highest BCUT2D eigenvalue weighted by Crippen LogP contribution is 2.67. The number of carbonyl (C=O) groups excluding carboxylic acids is 2. The van der Waals surface area contributed by atoms with Crippen LogP contribution in [0.5, 0.6) is 0 Å². The molecule has 1 N–H and O–H groups in total. The van der Waals surface area contributed by atoms with Crippen LogP contribution < -0.4 is 0 Å². The standard InChI is InChI=1S/C22H26O4/c1-20-8-5-14(23)11-13(20)3-4-15-16-6-9-22(10-7-18(25)26-22)21(16,2)12-17(24)19(15)20/h3-4,11,15-16,24H,5-10,12H2,1-2H3/t15-,16-,20-,21-,22+/m0/s1. The van der Waals surface area contributed by atoms with Crippen molar-refractivity contribution in [1.82, 2.24) is 0 Å². The van der Waals surface area contributed by atoms with Gasteiger partial charge in [-0.2, -0.15) is 0 Å². The van der Waals surface area contributed by atoms with Gasteiger partial charge in [-0.05, 0) is 48.8 Å². The first kappa shape index (κ1) is 16.3. The molecule has 5 rings (SSSR count). The van der Waals surface area contributed by atoms with Crippen LogP contribution in [0.15, 0.2) is 35.1 Å². The van der Waals surface area contributed by atoms with Crippen molar-refractivity contribution in [3.63, 3.8) is 0 Å². The number of hydrogen-bond acceptors (Lipinski definition) is 4. The summed E-state index contributed by atoms with van der Waals surface area (Å²) in [7, 11) is 0. The molecule has 0 unspecified atom stereocenters. The molecular formula is C22H26O4. The Labute approximate surface area is 154 Å². The van der Waals surface area contributed by atoms with E-state index in [1.54, 1.807) is 6.08 Å². The maximum absolute atomic E-state index is 11.9. The van der Waals surface area contributed by atoms with Gasteiger partial charge < -0.3 is 9.84 Å². The van der Waals surface area contributed by atoms with Crippen LogP contribution in [-0.4, -0.2) is 22.5 Å². The minimum atomic E-state index is -0.415. The Morgan fingerprint density at radius 1 is 1.15 bits per heavy atom. The van der Waals surface area contributed by atoms with Crippen molar-refractivity contribution in [1.29, 1.82) is 0 Å². The Morgan fingerprint density at radius 2 is 1.96 bits per heavy atom. The summed E-state index contributed by atoms with van der Waals surface area (Å²) < 4.78 is 5.90. The minimum Gasteiger partial charge on any atom is -0.512 e. The molecule has 0 amide bonds. The van der Waals surface area contributed by atoms with Crippen LogP contribution in [0.3, 0.4) is 0 Å². The van der Waals surface area contributed by atoms with Crippen molar-refractivity contribution in [2.45, 2.75) is 64.4 Å². The van der Waals surface area contributed by atoms with Gasteiger partial charge in [-0.15, -0.1) is 0 Å². The Morgan fingerprint density at radius 3 is 2.69 bits per heavy atom. The van der Waals surface area contributed by atoms with Crippen LogP contribution in [0.1, 0.15) is 58.8 Å². The fourth-order valence-corrected chi connectivity index (χ4v) is 6.81. The second kappa shape index (κ2) is 4.90. The summed E-state index contributed by atoms with van der Waals surface area (Å²) in [5.74, 6) is 1.08. The predicted molar refractivity (Wildman–Crippen MR) is 96.2 cm³/mol. The van der Waals surface area contributed by atoms with Crippen molar-refractivity contribution in [2.24, 2.45) is 22.7 Å².